The maximum Gasteiger partial charge on any atom is 0.156 e. The van der Waals surface area contributed by atoms with Gasteiger partial charge in [-0.2, -0.15) is 5.10 Å². The second kappa shape index (κ2) is 5.99. The monoisotopic (exact) mass is 309 g/mol. The summed E-state index contributed by atoms with van der Waals surface area (Å²) in [5, 5.41) is 8.09. The lowest BCUT2D eigenvalue weighted by Gasteiger charge is -2.18. The first kappa shape index (κ1) is 15.5. The molecule has 1 atom stereocenters. The molecule has 120 valence electrons. The Hall–Kier alpha value is -2.43. The third-order valence-corrected chi connectivity index (χ3v) is 4.24. The molecule has 0 unspecified atom stereocenters. The molecule has 3 rings (SSSR count). The molecule has 0 saturated carbocycles. The van der Waals surface area contributed by atoms with Crippen LogP contribution in [0.3, 0.4) is 0 Å². The summed E-state index contributed by atoms with van der Waals surface area (Å²) in [5.74, 6) is 0.838. The van der Waals surface area contributed by atoms with E-state index < -0.39 is 0 Å². The molecule has 0 spiro atoms. The first-order valence-electron chi connectivity index (χ1n) is 8.03. The van der Waals surface area contributed by atoms with Crippen molar-refractivity contribution in [3.63, 3.8) is 0 Å². The smallest absolute Gasteiger partial charge is 0.156 e. The van der Waals surface area contributed by atoms with E-state index in [-0.39, 0.29) is 6.04 Å². The van der Waals surface area contributed by atoms with Crippen molar-refractivity contribution in [1.29, 1.82) is 0 Å². The number of hydrogen-bond acceptors (Lipinski definition) is 4. The van der Waals surface area contributed by atoms with Crippen molar-refractivity contribution in [1.82, 2.24) is 19.7 Å². The molecule has 0 saturated heterocycles. The Morgan fingerprint density at radius 1 is 1.17 bits per heavy atom. The molecule has 2 aromatic heterocycles. The van der Waals surface area contributed by atoms with Crippen LogP contribution in [0.4, 0.5) is 5.82 Å². The zero-order valence-electron chi connectivity index (χ0n) is 14.4. The molecule has 5 nitrogen and oxygen atoms in total. The van der Waals surface area contributed by atoms with Crippen LogP contribution in [0.5, 0.6) is 0 Å². The Kier molecular flexibility index (Phi) is 4.03. The van der Waals surface area contributed by atoms with E-state index in [9.17, 15) is 0 Å². The van der Waals surface area contributed by atoms with E-state index in [0.29, 0.717) is 0 Å². The fraction of sp³-hybridized carbons (Fsp3) is 0.389. The minimum absolute atomic E-state index is 0.161. The average molecular weight is 309 g/mol. The first-order valence-corrected chi connectivity index (χ1v) is 8.03. The number of aryl methyl sites for hydroxylation is 4. The molecule has 0 aliphatic carbocycles. The van der Waals surface area contributed by atoms with Gasteiger partial charge in [0.25, 0.3) is 0 Å². The van der Waals surface area contributed by atoms with E-state index >= 15 is 0 Å². The lowest BCUT2D eigenvalue weighted by molar-refractivity contribution is 0.675. The predicted molar refractivity (Wildman–Crippen MR) is 93.7 cm³/mol. The van der Waals surface area contributed by atoms with E-state index in [1.165, 1.54) is 16.7 Å². The summed E-state index contributed by atoms with van der Waals surface area (Å²) in [5.41, 5.74) is 6.67. The highest BCUT2D eigenvalue weighted by atomic mass is 15.3. The van der Waals surface area contributed by atoms with Gasteiger partial charge in [-0.1, -0.05) is 23.8 Å². The molecule has 0 radical (unpaired) electrons. The van der Waals surface area contributed by atoms with Gasteiger partial charge in [0.15, 0.2) is 5.82 Å². The summed E-state index contributed by atoms with van der Waals surface area (Å²) in [4.78, 5) is 8.84. The van der Waals surface area contributed by atoms with E-state index in [2.05, 4.69) is 66.3 Å². The Morgan fingerprint density at radius 2 is 1.96 bits per heavy atom. The van der Waals surface area contributed by atoms with Crippen LogP contribution in [0.2, 0.25) is 0 Å². The second-order valence-electron chi connectivity index (χ2n) is 6.05. The summed E-state index contributed by atoms with van der Waals surface area (Å²) in [6, 6.07) is 6.71. The van der Waals surface area contributed by atoms with Crippen molar-refractivity contribution < 1.29 is 0 Å². The quantitative estimate of drug-likeness (QED) is 0.793. The number of rotatable bonds is 4. The molecule has 0 amide bonds. The maximum absolute atomic E-state index is 4.55. The number of fused-ring (bicyclic) bond motifs is 1. The molecule has 0 fully saturated rings. The molecule has 0 aliphatic rings. The van der Waals surface area contributed by atoms with Gasteiger partial charge in [-0.05, 0) is 45.7 Å². The van der Waals surface area contributed by atoms with E-state index in [1.807, 2.05) is 11.6 Å². The summed E-state index contributed by atoms with van der Waals surface area (Å²) in [7, 11) is 0. The van der Waals surface area contributed by atoms with Gasteiger partial charge >= 0.3 is 0 Å². The molecule has 1 aromatic carbocycles. The van der Waals surface area contributed by atoms with Crippen LogP contribution in [0.1, 0.15) is 42.3 Å². The Morgan fingerprint density at radius 3 is 2.65 bits per heavy atom. The first-order chi connectivity index (χ1) is 11.0. The standard InChI is InChI=1S/C18H23N5/c1-6-23-17-16(14(5)22-23)19-10-20-18(17)21-13(4)15-8-7-11(2)9-12(15)3/h7-10,13H,6H2,1-5H3,(H,19,20,21)/t13-/m0/s1. The molecular formula is C18H23N5. The number of nitrogens with zero attached hydrogens (tertiary/aromatic N) is 4. The minimum atomic E-state index is 0.161. The van der Waals surface area contributed by atoms with Crippen LogP contribution < -0.4 is 5.32 Å². The molecule has 0 aliphatic heterocycles. The third kappa shape index (κ3) is 2.79. The highest BCUT2D eigenvalue weighted by molar-refractivity contribution is 5.87. The van der Waals surface area contributed by atoms with Crippen molar-refractivity contribution in [2.75, 3.05) is 5.32 Å². The van der Waals surface area contributed by atoms with Crippen molar-refractivity contribution in [3.05, 3.63) is 46.9 Å². The van der Waals surface area contributed by atoms with Crippen LogP contribution in [0, 0.1) is 20.8 Å². The van der Waals surface area contributed by atoms with Gasteiger partial charge in [-0.15, -0.1) is 0 Å². The molecule has 3 aromatic rings. The van der Waals surface area contributed by atoms with Gasteiger partial charge in [-0.3, -0.25) is 4.68 Å². The zero-order valence-corrected chi connectivity index (χ0v) is 14.4. The number of hydrogen-bond donors (Lipinski definition) is 1. The fourth-order valence-corrected chi connectivity index (χ4v) is 3.10. The van der Waals surface area contributed by atoms with Crippen molar-refractivity contribution in [2.24, 2.45) is 0 Å². The number of anilines is 1. The number of nitrogens with one attached hydrogen (secondary N) is 1. The topological polar surface area (TPSA) is 55.6 Å². The molecule has 0 bridgehead atoms. The molecule has 1 N–H and O–H groups in total. The maximum atomic E-state index is 4.55. The van der Waals surface area contributed by atoms with Gasteiger partial charge in [0, 0.05) is 6.54 Å². The van der Waals surface area contributed by atoms with Crippen LogP contribution >= 0.6 is 0 Å². The van der Waals surface area contributed by atoms with Gasteiger partial charge < -0.3 is 5.32 Å². The van der Waals surface area contributed by atoms with Crippen LogP contribution in [-0.2, 0) is 6.54 Å². The summed E-state index contributed by atoms with van der Waals surface area (Å²) >= 11 is 0. The summed E-state index contributed by atoms with van der Waals surface area (Å²) in [6.07, 6.45) is 1.61. The Balaban J connectivity index is 2.01. The van der Waals surface area contributed by atoms with Gasteiger partial charge in [0.05, 0.1) is 11.7 Å². The normalized spacial score (nSPS) is 12.6. The van der Waals surface area contributed by atoms with E-state index in [4.69, 9.17) is 0 Å². The van der Waals surface area contributed by atoms with Gasteiger partial charge in [-0.25, -0.2) is 9.97 Å². The molecular weight excluding hydrogens is 286 g/mol. The van der Waals surface area contributed by atoms with Crippen LogP contribution in [0.15, 0.2) is 24.5 Å². The zero-order chi connectivity index (χ0) is 16.6. The lowest BCUT2D eigenvalue weighted by Crippen LogP contribution is -2.11. The lowest BCUT2D eigenvalue weighted by atomic mass is 10.0. The third-order valence-electron chi connectivity index (χ3n) is 4.24. The number of benzene rings is 1. The van der Waals surface area contributed by atoms with Crippen molar-refractivity contribution in [2.45, 2.75) is 47.2 Å². The van der Waals surface area contributed by atoms with Crippen LogP contribution in [0.25, 0.3) is 11.0 Å². The average Bonchev–Trinajstić information content (AvgIpc) is 2.85. The Labute approximate surface area is 136 Å². The predicted octanol–water partition coefficient (Wildman–Crippen LogP) is 3.94. The van der Waals surface area contributed by atoms with Gasteiger partial charge in [0.2, 0.25) is 0 Å². The minimum Gasteiger partial charge on any atom is -0.362 e. The summed E-state index contributed by atoms with van der Waals surface area (Å²) in [6.45, 7) is 11.3. The van der Waals surface area contributed by atoms with Crippen LogP contribution in [-0.4, -0.2) is 19.7 Å². The molecule has 23 heavy (non-hydrogen) atoms. The highest BCUT2D eigenvalue weighted by Crippen LogP contribution is 2.27. The largest absolute Gasteiger partial charge is 0.362 e. The molecule has 5 heteroatoms. The van der Waals surface area contributed by atoms with Gasteiger partial charge in [0.1, 0.15) is 17.4 Å². The molecule has 2 heterocycles. The highest BCUT2D eigenvalue weighted by Gasteiger charge is 2.16. The van der Waals surface area contributed by atoms with Crippen molar-refractivity contribution in [3.8, 4) is 0 Å². The fourth-order valence-electron chi connectivity index (χ4n) is 3.10. The number of aromatic nitrogens is 4. The van der Waals surface area contributed by atoms with Crippen molar-refractivity contribution >= 4 is 16.9 Å². The Bertz CT molecular complexity index is 850. The van der Waals surface area contributed by atoms with E-state index in [1.54, 1.807) is 6.33 Å². The van der Waals surface area contributed by atoms with E-state index in [0.717, 1.165) is 29.1 Å². The summed E-state index contributed by atoms with van der Waals surface area (Å²) < 4.78 is 1.96. The second-order valence-corrected chi connectivity index (χ2v) is 6.05. The SMILES string of the molecule is CCn1nc(C)c2ncnc(N[C@@H](C)c3ccc(C)cc3C)c21.